The van der Waals surface area contributed by atoms with Crippen LogP contribution in [0.2, 0.25) is 5.02 Å². The standard InChI is InChI=1S/C19H16ClN3OS/c20-15-7-3-4-8-16(15)21-19-22-17(12-25-19)18(24)23-10-9-13-5-1-2-6-14(13)11-23/h1-8,12H,9-11H2,(H,21,22). The summed E-state index contributed by atoms with van der Waals surface area (Å²) < 4.78 is 0. The van der Waals surface area contributed by atoms with Crippen LogP contribution in [0.15, 0.2) is 53.9 Å². The lowest BCUT2D eigenvalue weighted by atomic mass is 10.00. The highest BCUT2D eigenvalue weighted by Gasteiger charge is 2.23. The highest BCUT2D eigenvalue weighted by atomic mass is 35.5. The molecular formula is C19H16ClN3OS. The first-order valence-electron chi connectivity index (χ1n) is 8.04. The first kappa shape index (κ1) is 16.1. The molecule has 0 radical (unpaired) electrons. The van der Waals surface area contributed by atoms with Gasteiger partial charge in [0.05, 0.1) is 10.7 Å². The second-order valence-electron chi connectivity index (χ2n) is 5.89. The zero-order valence-electron chi connectivity index (χ0n) is 13.4. The summed E-state index contributed by atoms with van der Waals surface area (Å²) in [6.45, 7) is 1.36. The van der Waals surface area contributed by atoms with Crippen molar-refractivity contribution in [3.05, 3.63) is 75.8 Å². The molecule has 0 fully saturated rings. The molecule has 1 amide bonds. The molecule has 0 unspecified atom stereocenters. The van der Waals surface area contributed by atoms with Crippen molar-refractivity contribution >= 4 is 39.7 Å². The van der Waals surface area contributed by atoms with E-state index in [1.165, 1.54) is 22.5 Å². The zero-order chi connectivity index (χ0) is 17.2. The number of hydrogen-bond acceptors (Lipinski definition) is 4. The van der Waals surface area contributed by atoms with Crippen molar-refractivity contribution in [3.63, 3.8) is 0 Å². The van der Waals surface area contributed by atoms with Crippen molar-refractivity contribution in [2.45, 2.75) is 13.0 Å². The van der Waals surface area contributed by atoms with E-state index in [1.54, 1.807) is 5.38 Å². The highest BCUT2D eigenvalue weighted by Crippen LogP contribution is 2.27. The van der Waals surface area contributed by atoms with Gasteiger partial charge in [0.1, 0.15) is 5.69 Å². The van der Waals surface area contributed by atoms with Crippen molar-refractivity contribution < 1.29 is 4.79 Å². The number of aromatic nitrogens is 1. The van der Waals surface area contributed by atoms with E-state index in [-0.39, 0.29) is 5.91 Å². The van der Waals surface area contributed by atoms with E-state index in [0.29, 0.717) is 22.4 Å². The molecule has 1 aliphatic heterocycles. The topological polar surface area (TPSA) is 45.2 Å². The fourth-order valence-corrected chi connectivity index (χ4v) is 3.82. The van der Waals surface area contributed by atoms with Crippen LogP contribution in [-0.2, 0) is 13.0 Å². The molecule has 4 rings (SSSR count). The van der Waals surface area contributed by atoms with Crippen LogP contribution in [-0.4, -0.2) is 22.3 Å². The summed E-state index contributed by atoms with van der Waals surface area (Å²) in [6.07, 6.45) is 0.886. The van der Waals surface area contributed by atoms with Crippen LogP contribution in [0.1, 0.15) is 21.6 Å². The number of anilines is 2. The maximum atomic E-state index is 12.8. The van der Waals surface area contributed by atoms with Crippen LogP contribution in [0, 0.1) is 0 Å². The van der Waals surface area contributed by atoms with Crippen LogP contribution < -0.4 is 5.32 Å². The number of rotatable bonds is 3. The molecule has 1 N–H and O–H groups in total. The van der Waals surface area contributed by atoms with Crippen LogP contribution in [0.25, 0.3) is 0 Å². The van der Waals surface area contributed by atoms with Gasteiger partial charge in [-0.3, -0.25) is 4.79 Å². The second kappa shape index (κ2) is 6.86. The Kier molecular flexibility index (Phi) is 4.42. The number of para-hydroxylation sites is 1. The smallest absolute Gasteiger partial charge is 0.273 e. The molecule has 1 aliphatic rings. The number of thiazole rings is 1. The van der Waals surface area contributed by atoms with E-state index in [2.05, 4.69) is 22.4 Å². The lowest BCUT2D eigenvalue weighted by Gasteiger charge is -2.28. The number of nitrogens with zero attached hydrogens (tertiary/aromatic N) is 2. The van der Waals surface area contributed by atoms with Gasteiger partial charge >= 0.3 is 0 Å². The summed E-state index contributed by atoms with van der Waals surface area (Å²) in [5, 5.41) is 6.25. The monoisotopic (exact) mass is 369 g/mol. The third-order valence-corrected chi connectivity index (χ3v) is 5.34. The minimum Gasteiger partial charge on any atom is -0.333 e. The molecule has 1 aromatic heterocycles. The second-order valence-corrected chi connectivity index (χ2v) is 7.15. The molecule has 0 bridgehead atoms. The largest absolute Gasteiger partial charge is 0.333 e. The lowest BCUT2D eigenvalue weighted by molar-refractivity contribution is 0.0729. The summed E-state index contributed by atoms with van der Waals surface area (Å²) >= 11 is 7.55. The Labute approximate surface area is 155 Å². The van der Waals surface area contributed by atoms with E-state index in [1.807, 2.05) is 41.3 Å². The molecule has 2 aromatic carbocycles. The summed E-state index contributed by atoms with van der Waals surface area (Å²) in [5.74, 6) is -0.0297. The Morgan fingerprint density at radius 1 is 1.12 bits per heavy atom. The highest BCUT2D eigenvalue weighted by molar-refractivity contribution is 7.14. The van der Waals surface area contributed by atoms with Crippen molar-refractivity contribution in [3.8, 4) is 0 Å². The van der Waals surface area contributed by atoms with Gasteiger partial charge in [-0.15, -0.1) is 11.3 Å². The number of amides is 1. The zero-order valence-corrected chi connectivity index (χ0v) is 15.0. The van der Waals surface area contributed by atoms with Gasteiger partial charge in [-0.05, 0) is 29.7 Å². The van der Waals surface area contributed by atoms with E-state index in [4.69, 9.17) is 11.6 Å². The van der Waals surface area contributed by atoms with Crippen LogP contribution >= 0.6 is 22.9 Å². The van der Waals surface area contributed by atoms with Gasteiger partial charge in [0.2, 0.25) is 0 Å². The molecule has 3 aromatic rings. The Balaban J connectivity index is 1.49. The normalized spacial score (nSPS) is 13.4. The van der Waals surface area contributed by atoms with Gasteiger partial charge in [0.25, 0.3) is 5.91 Å². The van der Waals surface area contributed by atoms with Gasteiger partial charge in [-0.1, -0.05) is 48.0 Å². The van der Waals surface area contributed by atoms with Gasteiger partial charge < -0.3 is 10.2 Å². The van der Waals surface area contributed by atoms with Gasteiger partial charge in [0.15, 0.2) is 5.13 Å². The molecule has 25 heavy (non-hydrogen) atoms. The van der Waals surface area contributed by atoms with E-state index < -0.39 is 0 Å². The molecule has 126 valence electrons. The van der Waals surface area contributed by atoms with E-state index in [0.717, 1.165) is 18.7 Å². The maximum Gasteiger partial charge on any atom is 0.273 e. The predicted molar refractivity (Wildman–Crippen MR) is 102 cm³/mol. The molecule has 0 saturated carbocycles. The minimum atomic E-state index is -0.0297. The molecule has 0 atom stereocenters. The van der Waals surface area contributed by atoms with Gasteiger partial charge in [-0.2, -0.15) is 0 Å². The maximum absolute atomic E-state index is 12.8. The third kappa shape index (κ3) is 3.38. The van der Waals surface area contributed by atoms with Gasteiger partial charge in [0, 0.05) is 18.5 Å². The lowest BCUT2D eigenvalue weighted by Crippen LogP contribution is -2.36. The first-order valence-corrected chi connectivity index (χ1v) is 9.29. The quantitative estimate of drug-likeness (QED) is 0.725. The Hall–Kier alpha value is -2.37. The number of carbonyl (C=O) groups excluding carboxylic acids is 1. The molecule has 0 saturated heterocycles. The number of halogens is 1. The minimum absolute atomic E-state index is 0.0297. The van der Waals surface area contributed by atoms with Crippen LogP contribution in [0.5, 0.6) is 0 Å². The Morgan fingerprint density at radius 3 is 2.72 bits per heavy atom. The SMILES string of the molecule is O=C(c1csc(Nc2ccccc2Cl)n1)N1CCc2ccccc2C1. The summed E-state index contributed by atoms with van der Waals surface area (Å²) in [5.41, 5.74) is 3.79. The average Bonchev–Trinajstić information content (AvgIpc) is 3.11. The molecule has 0 aliphatic carbocycles. The van der Waals surface area contributed by atoms with Crippen molar-refractivity contribution in [1.82, 2.24) is 9.88 Å². The van der Waals surface area contributed by atoms with E-state index >= 15 is 0 Å². The summed E-state index contributed by atoms with van der Waals surface area (Å²) in [7, 11) is 0. The van der Waals surface area contributed by atoms with Crippen LogP contribution in [0.3, 0.4) is 0 Å². The fraction of sp³-hybridized carbons (Fsp3) is 0.158. The van der Waals surface area contributed by atoms with Crippen molar-refractivity contribution in [1.29, 1.82) is 0 Å². The number of hydrogen-bond donors (Lipinski definition) is 1. The molecule has 6 heteroatoms. The summed E-state index contributed by atoms with van der Waals surface area (Å²) in [4.78, 5) is 19.1. The number of fused-ring (bicyclic) bond motifs is 1. The molecule has 2 heterocycles. The number of benzene rings is 2. The van der Waals surface area contributed by atoms with Crippen molar-refractivity contribution in [2.75, 3.05) is 11.9 Å². The molecular weight excluding hydrogens is 354 g/mol. The third-order valence-electron chi connectivity index (χ3n) is 4.26. The van der Waals surface area contributed by atoms with Crippen LogP contribution in [0.4, 0.5) is 10.8 Å². The Morgan fingerprint density at radius 2 is 1.88 bits per heavy atom. The van der Waals surface area contributed by atoms with Crippen molar-refractivity contribution in [2.24, 2.45) is 0 Å². The Bertz CT molecular complexity index is 924. The molecule has 0 spiro atoms. The first-order chi connectivity index (χ1) is 12.2. The fourth-order valence-electron chi connectivity index (χ4n) is 2.94. The number of nitrogens with one attached hydrogen (secondary N) is 1. The van der Waals surface area contributed by atoms with E-state index in [9.17, 15) is 4.79 Å². The summed E-state index contributed by atoms with van der Waals surface area (Å²) in [6, 6.07) is 15.7. The predicted octanol–water partition coefficient (Wildman–Crippen LogP) is 4.74. The van der Waals surface area contributed by atoms with Gasteiger partial charge in [-0.25, -0.2) is 4.98 Å². The molecule has 4 nitrogen and oxygen atoms in total. The average molecular weight is 370 g/mol. The number of carbonyl (C=O) groups is 1.